The van der Waals surface area contributed by atoms with Gasteiger partial charge in [0, 0.05) is 5.56 Å². The average Bonchev–Trinajstić information content (AvgIpc) is 2.93. The highest BCUT2D eigenvalue weighted by atomic mass is 19.1. The van der Waals surface area contributed by atoms with Gasteiger partial charge in [-0.25, -0.2) is 9.37 Å². The maximum Gasteiger partial charge on any atom is 0.221 e. The first-order chi connectivity index (χ1) is 10.2. The Labute approximate surface area is 120 Å². The van der Waals surface area contributed by atoms with Crippen LogP contribution in [0.1, 0.15) is 17.0 Å². The van der Waals surface area contributed by atoms with Gasteiger partial charge in [-0.1, -0.05) is 30.3 Å². The Bertz CT molecular complexity index is 864. The number of oxazole rings is 1. The Hall–Kier alpha value is -2.71. The highest BCUT2D eigenvalue weighted by molar-refractivity contribution is 5.89. The van der Waals surface area contributed by atoms with Crippen molar-refractivity contribution < 1.29 is 13.9 Å². The first kappa shape index (κ1) is 13.3. The number of aliphatic hydroxyl groups is 1. The fourth-order valence-corrected chi connectivity index (χ4v) is 2.42. The molecule has 3 aromatic rings. The quantitative estimate of drug-likeness (QED) is 0.782. The highest BCUT2D eigenvalue weighted by Crippen LogP contribution is 2.35. The van der Waals surface area contributed by atoms with Crippen LogP contribution in [0.5, 0.6) is 0 Å². The van der Waals surface area contributed by atoms with Crippen molar-refractivity contribution in [3.05, 3.63) is 53.2 Å². The zero-order chi connectivity index (χ0) is 15.0. The molecule has 2 aromatic carbocycles. The number of aliphatic hydroxyl groups excluding tert-OH is 1. The van der Waals surface area contributed by atoms with E-state index in [-0.39, 0.29) is 22.6 Å². The highest BCUT2D eigenvalue weighted by Gasteiger charge is 2.22. The van der Waals surface area contributed by atoms with E-state index in [1.165, 1.54) is 0 Å². The SMILES string of the molecule is Cc1c(-c2ccccc2)c(F)c2oc(CO)nc2c1C#N. The molecule has 0 unspecified atom stereocenters. The van der Waals surface area contributed by atoms with Crippen LogP contribution >= 0.6 is 0 Å². The van der Waals surface area contributed by atoms with Crippen LogP contribution in [0.15, 0.2) is 34.7 Å². The Balaban J connectivity index is 2.44. The largest absolute Gasteiger partial charge is 0.435 e. The van der Waals surface area contributed by atoms with E-state index in [4.69, 9.17) is 9.52 Å². The van der Waals surface area contributed by atoms with Crippen LogP contribution in [0.3, 0.4) is 0 Å². The van der Waals surface area contributed by atoms with E-state index < -0.39 is 12.4 Å². The van der Waals surface area contributed by atoms with Gasteiger partial charge in [0.1, 0.15) is 18.2 Å². The lowest BCUT2D eigenvalue weighted by atomic mass is 9.95. The van der Waals surface area contributed by atoms with E-state index in [0.717, 1.165) is 0 Å². The van der Waals surface area contributed by atoms with Crippen LogP contribution in [0, 0.1) is 24.1 Å². The average molecular weight is 282 g/mol. The fraction of sp³-hybridized carbons (Fsp3) is 0.125. The van der Waals surface area contributed by atoms with Crippen molar-refractivity contribution in [2.75, 3.05) is 0 Å². The van der Waals surface area contributed by atoms with Crippen LogP contribution in [0.2, 0.25) is 0 Å². The summed E-state index contributed by atoms with van der Waals surface area (Å²) in [6.07, 6.45) is 0. The third-order valence-electron chi connectivity index (χ3n) is 3.39. The van der Waals surface area contributed by atoms with Gasteiger partial charge in [-0.15, -0.1) is 0 Å². The smallest absolute Gasteiger partial charge is 0.221 e. The van der Waals surface area contributed by atoms with Crippen LogP contribution < -0.4 is 0 Å². The predicted octanol–water partition coefficient (Wildman–Crippen LogP) is 3.31. The molecule has 21 heavy (non-hydrogen) atoms. The van der Waals surface area contributed by atoms with Gasteiger partial charge in [-0.3, -0.25) is 0 Å². The summed E-state index contributed by atoms with van der Waals surface area (Å²) in [6.45, 7) is 1.23. The minimum Gasteiger partial charge on any atom is -0.435 e. The first-order valence-electron chi connectivity index (χ1n) is 6.35. The lowest BCUT2D eigenvalue weighted by Crippen LogP contribution is -1.95. The van der Waals surface area contributed by atoms with E-state index in [0.29, 0.717) is 16.7 Å². The van der Waals surface area contributed by atoms with E-state index in [1.807, 2.05) is 12.1 Å². The number of halogens is 1. The molecule has 0 saturated heterocycles. The minimum atomic E-state index is -0.570. The molecule has 0 bridgehead atoms. The molecular formula is C16H11FN2O2. The van der Waals surface area contributed by atoms with Gasteiger partial charge < -0.3 is 9.52 Å². The van der Waals surface area contributed by atoms with Crippen molar-refractivity contribution in [2.24, 2.45) is 0 Å². The van der Waals surface area contributed by atoms with Crippen LogP contribution in [0.4, 0.5) is 4.39 Å². The van der Waals surface area contributed by atoms with Crippen molar-refractivity contribution in [2.45, 2.75) is 13.5 Å². The molecule has 104 valence electrons. The van der Waals surface area contributed by atoms with Crippen molar-refractivity contribution in [1.29, 1.82) is 5.26 Å². The number of nitriles is 1. The molecule has 1 N–H and O–H groups in total. The molecular weight excluding hydrogens is 271 g/mol. The Morgan fingerprint density at radius 3 is 2.67 bits per heavy atom. The molecule has 1 aromatic heterocycles. The zero-order valence-corrected chi connectivity index (χ0v) is 11.2. The molecule has 0 aliphatic rings. The monoisotopic (exact) mass is 282 g/mol. The van der Waals surface area contributed by atoms with E-state index >= 15 is 0 Å². The Morgan fingerprint density at radius 2 is 2.05 bits per heavy atom. The standard InChI is InChI=1S/C16H11FN2O2/c1-9-11(7-18)15-16(21-12(8-20)19-15)14(17)13(9)10-5-3-2-4-6-10/h2-6,20H,8H2,1H3. The predicted molar refractivity (Wildman–Crippen MR) is 74.8 cm³/mol. The summed E-state index contributed by atoms with van der Waals surface area (Å²) < 4.78 is 20.0. The minimum absolute atomic E-state index is 0.00925. The van der Waals surface area contributed by atoms with Crippen LogP contribution in [-0.2, 0) is 6.61 Å². The number of nitrogens with zero attached hydrogens (tertiary/aromatic N) is 2. The molecule has 1 heterocycles. The second-order valence-electron chi connectivity index (χ2n) is 4.61. The number of fused-ring (bicyclic) bond motifs is 1. The van der Waals surface area contributed by atoms with Gasteiger partial charge in [0.2, 0.25) is 5.89 Å². The summed E-state index contributed by atoms with van der Waals surface area (Å²) in [7, 11) is 0. The molecule has 0 atom stereocenters. The lowest BCUT2D eigenvalue weighted by Gasteiger charge is -2.09. The van der Waals surface area contributed by atoms with Gasteiger partial charge in [-0.2, -0.15) is 5.26 Å². The van der Waals surface area contributed by atoms with Gasteiger partial charge >= 0.3 is 0 Å². The molecule has 0 spiro atoms. The molecule has 5 heteroatoms. The first-order valence-corrected chi connectivity index (χ1v) is 6.35. The topological polar surface area (TPSA) is 70.1 Å². The fourth-order valence-electron chi connectivity index (χ4n) is 2.42. The molecule has 0 aliphatic heterocycles. The summed E-state index contributed by atoms with van der Waals surface area (Å²) in [5.74, 6) is -0.579. The summed E-state index contributed by atoms with van der Waals surface area (Å²) >= 11 is 0. The number of aromatic nitrogens is 1. The van der Waals surface area contributed by atoms with E-state index in [9.17, 15) is 9.65 Å². The summed E-state index contributed by atoms with van der Waals surface area (Å²) in [6, 6.07) is 11.0. The van der Waals surface area contributed by atoms with E-state index in [1.54, 1.807) is 31.2 Å². The van der Waals surface area contributed by atoms with E-state index in [2.05, 4.69) is 4.98 Å². The number of hydrogen-bond donors (Lipinski definition) is 1. The molecule has 4 nitrogen and oxygen atoms in total. The maximum absolute atomic E-state index is 14.8. The van der Waals surface area contributed by atoms with Gasteiger partial charge in [0.15, 0.2) is 11.4 Å². The Kier molecular flexibility index (Phi) is 3.16. The van der Waals surface area contributed by atoms with Crippen molar-refractivity contribution in [3.63, 3.8) is 0 Å². The molecule has 0 saturated carbocycles. The number of benzene rings is 2. The number of hydrogen-bond acceptors (Lipinski definition) is 4. The summed E-state index contributed by atoms with van der Waals surface area (Å²) in [4.78, 5) is 3.98. The second-order valence-corrected chi connectivity index (χ2v) is 4.61. The normalized spacial score (nSPS) is 10.8. The molecule has 0 fully saturated rings. The van der Waals surface area contributed by atoms with Crippen LogP contribution in [0.25, 0.3) is 22.2 Å². The maximum atomic E-state index is 14.8. The third-order valence-corrected chi connectivity index (χ3v) is 3.39. The van der Waals surface area contributed by atoms with Crippen molar-refractivity contribution in [3.8, 4) is 17.2 Å². The molecule has 3 rings (SSSR count). The third kappa shape index (κ3) is 1.97. The zero-order valence-electron chi connectivity index (χ0n) is 11.2. The van der Waals surface area contributed by atoms with Crippen LogP contribution in [-0.4, -0.2) is 10.1 Å². The summed E-state index contributed by atoms with van der Waals surface area (Å²) in [5, 5.41) is 18.4. The molecule has 0 aliphatic carbocycles. The van der Waals surface area contributed by atoms with Gasteiger partial charge in [-0.05, 0) is 18.1 Å². The lowest BCUT2D eigenvalue weighted by molar-refractivity contribution is 0.243. The van der Waals surface area contributed by atoms with Gasteiger partial charge in [0.05, 0.1) is 5.56 Å². The molecule has 0 radical (unpaired) electrons. The number of rotatable bonds is 2. The summed E-state index contributed by atoms with van der Waals surface area (Å²) in [5.41, 5.74) is 1.80. The van der Waals surface area contributed by atoms with Gasteiger partial charge in [0.25, 0.3) is 0 Å². The molecule has 0 amide bonds. The van der Waals surface area contributed by atoms with Crippen molar-refractivity contribution >= 4 is 11.1 Å². The Morgan fingerprint density at radius 1 is 1.33 bits per heavy atom. The second kappa shape index (κ2) is 5.00. The van der Waals surface area contributed by atoms with Crippen molar-refractivity contribution in [1.82, 2.24) is 4.98 Å².